The Labute approximate surface area is 87.2 Å². The average molecular weight is 228 g/mol. The molecule has 8 nitrogen and oxygen atoms in total. The molecule has 0 aromatic heterocycles. The number of hydrogen-bond donors (Lipinski definition) is 2. The first-order chi connectivity index (χ1) is 7.41. The second kappa shape index (κ2) is 13.7. The van der Waals surface area contributed by atoms with E-state index in [-0.39, 0.29) is 34.0 Å². The Hall–Kier alpha value is -0.320. The Balaban J connectivity index is 2.81. The van der Waals surface area contributed by atoms with Crippen molar-refractivity contribution >= 4 is 0 Å². The van der Waals surface area contributed by atoms with Crippen LogP contribution in [0.1, 0.15) is 0 Å². The summed E-state index contributed by atoms with van der Waals surface area (Å²) >= 11 is 0. The lowest BCUT2D eigenvalue weighted by Crippen LogP contribution is -2.10. The summed E-state index contributed by atoms with van der Waals surface area (Å²) in [6, 6.07) is 0. The molecule has 8 heteroatoms. The Morgan fingerprint density at radius 2 is 0.733 bits per heavy atom. The van der Waals surface area contributed by atoms with E-state index in [0.29, 0.717) is 0 Å². The van der Waals surface area contributed by atoms with Gasteiger partial charge in [-0.05, 0) is 0 Å². The van der Waals surface area contributed by atoms with Gasteiger partial charge in [-0.25, -0.2) is 0 Å². The molecule has 2 N–H and O–H groups in total. The van der Waals surface area contributed by atoms with Gasteiger partial charge in [0.05, 0.1) is 0 Å². The molecule has 0 amide bonds. The Morgan fingerprint density at radius 1 is 0.467 bits per heavy atom. The highest BCUT2D eigenvalue weighted by atomic mass is 16.8. The van der Waals surface area contributed by atoms with Gasteiger partial charge in [0.25, 0.3) is 0 Å². The minimum absolute atomic E-state index is 0.00174. The lowest BCUT2D eigenvalue weighted by Gasteiger charge is -2.06. The summed E-state index contributed by atoms with van der Waals surface area (Å²) in [6.45, 7) is -0.891. The number of hydrogen-bond acceptors (Lipinski definition) is 8. The number of aliphatic hydroxyl groups is 2. The van der Waals surface area contributed by atoms with Crippen LogP contribution in [0, 0.1) is 0 Å². The van der Waals surface area contributed by atoms with E-state index < -0.39 is 13.6 Å². The van der Waals surface area contributed by atoms with Gasteiger partial charge in [0.1, 0.15) is 13.6 Å². The van der Waals surface area contributed by atoms with Crippen LogP contribution >= 0.6 is 0 Å². The number of ether oxygens (including phenoxy) is 6. The van der Waals surface area contributed by atoms with Crippen molar-refractivity contribution in [2.75, 3.05) is 47.6 Å². The second-order valence-corrected chi connectivity index (χ2v) is 2.07. The van der Waals surface area contributed by atoms with Crippen LogP contribution in [0.15, 0.2) is 0 Å². The predicted molar refractivity (Wildman–Crippen MR) is 45.0 cm³/mol. The van der Waals surface area contributed by atoms with Crippen LogP contribution in [-0.4, -0.2) is 57.8 Å². The van der Waals surface area contributed by atoms with E-state index in [4.69, 9.17) is 29.2 Å². The Kier molecular flexibility index (Phi) is 13.4. The van der Waals surface area contributed by atoms with Crippen LogP contribution in [0.4, 0.5) is 0 Å². The molecule has 0 unspecified atom stereocenters. The topological polar surface area (TPSA) is 95.8 Å². The van der Waals surface area contributed by atoms with Crippen LogP contribution in [0.25, 0.3) is 0 Å². The van der Waals surface area contributed by atoms with Crippen molar-refractivity contribution in [3.05, 3.63) is 0 Å². The van der Waals surface area contributed by atoms with E-state index in [9.17, 15) is 0 Å². The maximum Gasteiger partial charge on any atom is 0.152 e. The van der Waals surface area contributed by atoms with Gasteiger partial charge in [-0.2, -0.15) is 0 Å². The molecule has 0 saturated carbocycles. The fourth-order valence-corrected chi connectivity index (χ4v) is 0.505. The maximum absolute atomic E-state index is 8.20. The highest BCUT2D eigenvalue weighted by Gasteiger charge is 1.90. The fraction of sp³-hybridized carbons (Fsp3) is 1.00. The molecular weight excluding hydrogens is 212 g/mol. The molecule has 0 saturated heterocycles. The molecule has 0 aliphatic heterocycles. The molecule has 0 aromatic rings. The van der Waals surface area contributed by atoms with Crippen molar-refractivity contribution in [1.82, 2.24) is 0 Å². The van der Waals surface area contributed by atoms with Gasteiger partial charge in [0.2, 0.25) is 0 Å². The SMILES string of the molecule is OCOCOCOCOCOCOCO. The number of rotatable bonds is 12. The van der Waals surface area contributed by atoms with E-state index in [1.54, 1.807) is 0 Å². The van der Waals surface area contributed by atoms with E-state index in [1.807, 2.05) is 0 Å². The Bertz CT molecular complexity index is 99.2. The van der Waals surface area contributed by atoms with E-state index >= 15 is 0 Å². The van der Waals surface area contributed by atoms with Crippen molar-refractivity contribution in [2.24, 2.45) is 0 Å². The summed E-state index contributed by atoms with van der Waals surface area (Å²) in [5.41, 5.74) is 0. The summed E-state index contributed by atoms with van der Waals surface area (Å²) in [4.78, 5) is 0. The quantitative estimate of drug-likeness (QED) is 0.317. The minimum atomic E-state index is -0.394. The third kappa shape index (κ3) is 13.7. The molecule has 92 valence electrons. The largest absolute Gasteiger partial charge is 0.371 e. The van der Waals surface area contributed by atoms with Gasteiger partial charge < -0.3 is 38.6 Å². The molecule has 0 bridgehead atoms. The van der Waals surface area contributed by atoms with E-state index in [0.717, 1.165) is 0 Å². The third-order valence-corrected chi connectivity index (χ3v) is 1.02. The molecule has 0 aliphatic rings. The van der Waals surface area contributed by atoms with Crippen LogP contribution in [0.2, 0.25) is 0 Å². The van der Waals surface area contributed by atoms with Crippen LogP contribution in [-0.2, 0) is 28.4 Å². The van der Waals surface area contributed by atoms with Gasteiger partial charge in [-0.15, -0.1) is 0 Å². The molecule has 0 rings (SSSR count). The first-order valence-electron chi connectivity index (χ1n) is 4.10. The second-order valence-electron chi connectivity index (χ2n) is 2.07. The van der Waals surface area contributed by atoms with Gasteiger partial charge in [0.15, 0.2) is 34.0 Å². The predicted octanol–water partition coefficient (Wildman–Crippen LogP) is -1.23. The zero-order chi connectivity index (χ0) is 11.2. The Morgan fingerprint density at radius 3 is 1.00 bits per heavy atom. The van der Waals surface area contributed by atoms with Crippen molar-refractivity contribution in [1.29, 1.82) is 0 Å². The van der Waals surface area contributed by atoms with Crippen LogP contribution in [0.5, 0.6) is 0 Å². The molecule has 0 atom stereocenters. The van der Waals surface area contributed by atoms with Gasteiger partial charge in [0, 0.05) is 0 Å². The molecule has 0 radical (unpaired) electrons. The normalized spacial score (nSPS) is 10.8. The third-order valence-electron chi connectivity index (χ3n) is 1.02. The maximum atomic E-state index is 8.20. The van der Waals surface area contributed by atoms with Gasteiger partial charge in [-0.1, -0.05) is 0 Å². The van der Waals surface area contributed by atoms with E-state index in [2.05, 4.69) is 9.47 Å². The molecule has 0 heterocycles. The summed E-state index contributed by atoms with van der Waals surface area (Å²) in [6.07, 6.45) is 0. The molecule has 0 aliphatic carbocycles. The molecule has 0 spiro atoms. The molecular formula is C7H16O8. The molecule has 0 fully saturated rings. The van der Waals surface area contributed by atoms with Crippen molar-refractivity contribution in [3.63, 3.8) is 0 Å². The zero-order valence-corrected chi connectivity index (χ0v) is 8.29. The average Bonchev–Trinajstić information content (AvgIpc) is 2.26. The summed E-state index contributed by atoms with van der Waals surface area (Å²) < 4.78 is 28.0. The number of aliphatic hydroxyl groups excluding tert-OH is 2. The highest BCUT2D eigenvalue weighted by molar-refractivity contribution is 4.06. The smallest absolute Gasteiger partial charge is 0.152 e. The van der Waals surface area contributed by atoms with Crippen molar-refractivity contribution in [3.8, 4) is 0 Å². The monoisotopic (exact) mass is 228 g/mol. The summed E-state index contributed by atoms with van der Waals surface area (Å²) in [7, 11) is 0. The summed E-state index contributed by atoms with van der Waals surface area (Å²) in [5, 5.41) is 16.4. The van der Waals surface area contributed by atoms with Gasteiger partial charge >= 0.3 is 0 Å². The summed E-state index contributed by atoms with van der Waals surface area (Å²) in [5.74, 6) is 0. The van der Waals surface area contributed by atoms with Crippen molar-refractivity contribution < 1.29 is 38.6 Å². The first-order valence-corrected chi connectivity index (χ1v) is 4.10. The van der Waals surface area contributed by atoms with Crippen LogP contribution < -0.4 is 0 Å². The highest BCUT2D eigenvalue weighted by Crippen LogP contribution is 1.83. The standard InChI is InChI=1S/C7H16O8/c8-1-10-3-12-5-14-7-15-6-13-4-11-2-9/h8-9H,1-7H2. The fourth-order valence-electron chi connectivity index (χ4n) is 0.505. The van der Waals surface area contributed by atoms with Crippen molar-refractivity contribution in [2.45, 2.75) is 0 Å². The zero-order valence-electron chi connectivity index (χ0n) is 8.29. The molecule has 15 heavy (non-hydrogen) atoms. The first kappa shape index (κ1) is 14.7. The van der Waals surface area contributed by atoms with E-state index in [1.165, 1.54) is 0 Å². The lowest BCUT2D eigenvalue weighted by atomic mass is 11.2. The van der Waals surface area contributed by atoms with Gasteiger partial charge in [-0.3, -0.25) is 0 Å². The minimum Gasteiger partial charge on any atom is -0.371 e. The van der Waals surface area contributed by atoms with Crippen LogP contribution in [0.3, 0.4) is 0 Å². The molecule has 0 aromatic carbocycles. The lowest BCUT2D eigenvalue weighted by molar-refractivity contribution is -0.216.